The maximum Gasteiger partial charge on any atom is 0.519 e. The number of hydrogen-bond acceptors (Lipinski definition) is 11. The first-order chi connectivity index (χ1) is 21.9. The van der Waals surface area contributed by atoms with E-state index in [1.165, 1.54) is 11.3 Å². The molecule has 3 saturated carbocycles. The van der Waals surface area contributed by atoms with Gasteiger partial charge in [-0.2, -0.15) is 0 Å². The normalized spacial score (nSPS) is 21.0. The van der Waals surface area contributed by atoms with Gasteiger partial charge in [0.2, 0.25) is 0 Å². The minimum Gasteiger partial charge on any atom is -0.457 e. The fraction of sp³-hybridized carbons (Fsp3) is 0.438. The lowest BCUT2D eigenvalue weighted by molar-refractivity contribution is -0.157. The standard InChI is InChI=1S/C32H33FN6O5S/c1-3-4-6-19-13-34-30-26(36-19)20(14-35-30)28-38-27(22-7-5-12-45-22)24(33)29(39-28)37-25-18-10-8-17(9-11-18)23(25)31(40)42-15-21-16(2)43-32(41)44-21/h5,7,12-14,17-18,23,25H,3-4,6,8-11,15H2,1-2H3,(H,34,35)(H,37,38,39)/t17?,18?,23-,25-/m0/s1. The first-order valence-corrected chi connectivity index (χ1v) is 16.2. The van der Waals surface area contributed by atoms with Gasteiger partial charge in [0.25, 0.3) is 0 Å². The summed E-state index contributed by atoms with van der Waals surface area (Å²) in [6, 6.07) is 3.27. The van der Waals surface area contributed by atoms with Gasteiger partial charge in [-0.1, -0.05) is 19.4 Å². The number of anilines is 1. The molecule has 0 saturated heterocycles. The van der Waals surface area contributed by atoms with Crippen molar-refractivity contribution in [3.8, 4) is 22.0 Å². The van der Waals surface area contributed by atoms with E-state index in [9.17, 15) is 9.59 Å². The van der Waals surface area contributed by atoms with Gasteiger partial charge >= 0.3 is 11.8 Å². The number of aromatic nitrogens is 5. The molecule has 0 radical (unpaired) electrons. The Morgan fingerprint density at radius 3 is 2.73 bits per heavy atom. The molecule has 13 heteroatoms. The third kappa shape index (κ3) is 5.65. The predicted octanol–water partition coefficient (Wildman–Crippen LogP) is 6.44. The van der Waals surface area contributed by atoms with Crippen LogP contribution in [0.2, 0.25) is 0 Å². The quantitative estimate of drug-likeness (QED) is 0.165. The zero-order chi connectivity index (χ0) is 31.1. The zero-order valence-electron chi connectivity index (χ0n) is 25.0. The van der Waals surface area contributed by atoms with E-state index in [0.29, 0.717) is 27.4 Å². The van der Waals surface area contributed by atoms with Gasteiger partial charge in [-0.3, -0.25) is 4.79 Å². The van der Waals surface area contributed by atoms with E-state index >= 15 is 4.39 Å². The largest absolute Gasteiger partial charge is 0.519 e. The summed E-state index contributed by atoms with van der Waals surface area (Å²) in [5.41, 5.74) is 2.88. The van der Waals surface area contributed by atoms with Crippen molar-refractivity contribution in [1.82, 2.24) is 24.9 Å². The minimum absolute atomic E-state index is 0.0277. The first kappa shape index (κ1) is 29.3. The lowest BCUT2D eigenvalue weighted by Gasteiger charge is -2.47. The molecular formula is C32H33FN6O5S. The van der Waals surface area contributed by atoms with E-state index in [2.05, 4.69) is 27.2 Å². The summed E-state index contributed by atoms with van der Waals surface area (Å²) in [7, 11) is 0. The van der Waals surface area contributed by atoms with Crippen molar-refractivity contribution in [2.24, 2.45) is 17.8 Å². The van der Waals surface area contributed by atoms with E-state index < -0.39 is 29.6 Å². The van der Waals surface area contributed by atoms with Crippen LogP contribution in [0.5, 0.6) is 0 Å². The molecule has 2 atom stereocenters. The second kappa shape index (κ2) is 12.2. The van der Waals surface area contributed by atoms with Crippen LogP contribution in [-0.2, 0) is 22.6 Å². The fourth-order valence-corrected chi connectivity index (χ4v) is 7.42. The summed E-state index contributed by atoms with van der Waals surface area (Å²) >= 11 is 1.38. The minimum atomic E-state index is -0.843. The molecule has 0 aromatic carbocycles. The molecule has 0 unspecified atom stereocenters. The second-order valence-corrected chi connectivity index (χ2v) is 12.8. The molecule has 8 rings (SSSR count). The molecule has 3 aliphatic rings. The molecule has 2 N–H and O–H groups in total. The maximum absolute atomic E-state index is 16.3. The fourth-order valence-electron chi connectivity index (χ4n) is 6.71. The van der Waals surface area contributed by atoms with E-state index in [1.807, 2.05) is 17.5 Å². The van der Waals surface area contributed by atoms with Crippen LogP contribution in [0.25, 0.3) is 33.1 Å². The van der Waals surface area contributed by atoms with Crippen molar-refractivity contribution in [3.63, 3.8) is 0 Å². The number of halogens is 1. The van der Waals surface area contributed by atoms with Gasteiger partial charge < -0.3 is 23.9 Å². The molecule has 0 amide bonds. The number of fused-ring (bicyclic) bond motifs is 4. The Balaban J connectivity index is 1.25. The number of unbranched alkanes of at least 4 members (excludes halogenated alkanes) is 1. The number of hydrogen-bond donors (Lipinski definition) is 2. The van der Waals surface area contributed by atoms with Crippen LogP contribution in [0.1, 0.15) is 62.7 Å². The lowest BCUT2D eigenvalue weighted by Crippen LogP contribution is -2.52. The molecule has 11 nitrogen and oxygen atoms in total. The molecule has 0 aliphatic heterocycles. The van der Waals surface area contributed by atoms with Crippen LogP contribution in [0, 0.1) is 30.5 Å². The lowest BCUT2D eigenvalue weighted by atomic mass is 9.61. The number of nitrogens with zero attached hydrogens (tertiary/aromatic N) is 4. The van der Waals surface area contributed by atoms with Crippen LogP contribution in [0.3, 0.4) is 0 Å². The number of carbonyl (C=O) groups excluding carboxylic acids is 1. The van der Waals surface area contributed by atoms with Gasteiger partial charge in [0.05, 0.1) is 28.2 Å². The number of carbonyl (C=O) groups is 1. The van der Waals surface area contributed by atoms with Crippen molar-refractivity contribution in [1.29, 1.82) is 0 Å². The number of thiophene rings is 1. The Hall–Kier alpha value is -4.39. The first-order valence-electron chi connectivity index (χ1n) is 15.4. The van der Waals surface area contributed by atoms with Gasteiger partial charge in [-0.05, 0) is 68.7 Å². The number of nitrogens with one attached hydrogen (secondary N) is 2. The van der Waals surface area contributed by atoms with E-state index in [-0.39, 0.29) is 41.5 Å². The van der Waals surface area contributed by atoms with E-state index in [1.54, 1.807) is 19.3 Å². The van der Waals surface area contributed by atoms with E-state index in [0.717, 1.165) is 50.6 Å². The predicted molar refractivity (Wildman–Crippen MR) is 165 cm³/mol. The number of ether oxygens (including phenoxy) is 1. The van der Waals surface area contributed by atoms with Crippen LogP contribution in [-0.4, -0.2) is 36.9 Å². The van der Waals surface area contributed by atoms with Crippen molar-refractivity contribution < 1.29 is 22.8 Å². The third-order valence-corrected chi connectivity index (χ3v) is 9.92. The molecular weight excluding hydrogens is 599 g/mol. The Kier molecular flexibility index (Phi) is 7.94. The Bertz CT molecular complexity index is 1890. The van der Waals surface area contributed by atoms with Gasteiger partial charge in [-0.15, -0.1) is 11.3 Å². The zero-order valence-corrected chi connectivity index (χ0v) is 25.8. The molecule has 5 aromatic rings. The highest BCUT2D eigenvalue weighted by molar-refractivity contribution is 7.13. The number of esters is 1. The smallest absolute Gasteiger partial charge is 0.457 e. The van der Waals surface area contributed by atoms with Crippen LogP contribution >= 0.6 is 11.3 Å². The Labute approximate surface area is 261 Å². The molecule has 5 heterocycles. The van der Waals surface area contributed by atoms with Crippen LogP contribution < -0.4 is 11.1 Å². The molecule has 3 fully saturated rings. The highest BCUT2D eigenvalue weighted by Crippen LogP contribution is 2.47. The molecule has 5 aromatic heterocycles. The van der Waals surface area contributed by atoms with Gasteiger partial charge in [0.1, 0.15) is 11.2 Å². The molecule has 3 aliphatic carbocycles. The Morgan fingerprint density at radius 1 is 1.18 bits per heavy atom. The SMILES string of the molecule is CCCCc1cnc2[nH]cc(-c3nc(N[C@H]4C5CCC(CC5)[C@@H]4C(=O)OCc4oc(=O)oc4C)c(F)c(-c4cccs4)n3)c2n1. The van der Waals surface area contributed by atoms with Crippen molar-refractivity contribution in [2.75, 3.05) is 5.32 Å². The number of aryl methyl sites for hydroxylation is 2. The molecule has 45 heavy (non-hydrogen) atoms. The average Bonchev–Trinajstić information content (AvgIpc) is 3.80. The van der Waals surface area contributed by atoms with Crippen molar-refractivity contribution >= 4 is 34.3 Å². The summed E-state index contributed by atoms with van der Waals surface area (Å²) in [5.74, 6) is -1.40. The molecule has 2 bridgehead atoms. The van der Waals surface area contributed by atoms with Gasteiger partial charge in [-0.25, -0.2) is 29.1 Å². The number of aromatic amines is 1. The summed E-state index contributed by atoms with van der Waals surface area (Å²) in [6.07, 6.45) is 9.95. The third-order valence-electron chi connectivity index (χ3n) is 9.04. The summed E-state index contributed by atoms with van der Waals surface area (Å²) in [4.78, 5) is 47.6. The molecule has 0 spiro atoms. The van der Waals surface area contributed by atoms with Crippen molar-refractivity contribution in [2.45, 2.75) is 71.4 Å². The second-order valence-electron chi connectivity index (χ2n) is 11.8. The Morgan fingerprint density at radius 2 is 2.00 bits per heavy atom. The molecule has 234 valence electrons. The van der Waals surface area contributed by atoms with Crippen LogP contribution in [0.15, 0.2) is 43.5 Å². The summed E-state index contributed by atoms with van der Waals surface area (Å²) < 4.78 is 31.9. The number of rotatable bonds is 10. The van der Waals surface area contributed by atoms with Gasteiger partial charge in [0.15, 0.2) is 41.2 Å². The van der Waals surface area contributed by atoms with Crippen molar-refractivity contribution in [3.05, 3.63) is 63.6 Å². The highest BCUT2D eigenvalue weighted by Gasteiger charge is 2.48. The number of H-pyrrole nitrogens is 1. The summed E-state index contributed by atoms with van der Waals surface area (Å²) in [6.45, 7) is 3.49. The topological polar surface area (TPSA) is 149 Å². The van der Waals surface area contributed by atoms with Crippen LogP contribution in [0.4, 0.5) is 10.2 Å². The maximum atomic E-state index is 16.3. The van der Waals surface area contributed by atoms with Gasteiger partial charge in [0, 0.05) is 12.2 Å². The highest BCUT2D eigenvalue weighted by atomic mass is 32.1. The average molecular weight is 633 g/mol. The summed E-state index contributed by atoms with van der Waals surface area (Å²) in [5, 5.41) is 5.23. The monoisotopic (exact) mass is 632 g/mol. The van der Waals surface area contributed by atoms with E-state index in [4.69, 9.17) is 23.5 Å².